The number of carbonyl (C=O) groups excluding carboxylic acids is 1. The van der Waals surface area contributed by atoms with E-state index in [2.05, 4.69) is 47.8 Å². The van der Waals surface area contributed by atoms with E-state index in [0.29, 0.717) is 12.1 Å². The summed E-state index contributed by atoms with van der Waals surface area (Å²) in [7, 11) is 2.15. The number of piperazine rings is 1. The van der Waals surface area contributed by atoms with Gasteiger partial charge in [-0.2, -0.15) is 0 Å². The number of likely N-dealkylation sites (N-methyl/N-ethyl adjacent to an activating group) is 1. The smallest absolute Gasteiger partial charge is 0.251 e. The van der Waals surface area contributed by atoms with Crippen LogP contribution in [0.2, 0.25) is 0 Å². The normalized spacial score (nSPS) is 14.4. The third-order valence-electron chi connectivity index (χ3n) is 7.24. The molecule has 1 amide bonds. The second kappa shape index (κ2) is 13.9. The lowest BCUT2D eigenvalue weighted by molar-refractivity contribution is 0.0953. The van der Waals surface area contributed by atoms with Gasteiger partial charge < -0.3 is 10.2 Å². The van der Waals surface area contributed by atoms with E-state index in [4.69, 9.17) is 0 Å². The molecule has 11 nitrogen and oxygen atoms in total. The van der Waals surface area contributed by atoms with Crippen molar-refractivity contribution in [1.82, 2.24) is 50.1 Å². The summed E-state index contributed by atoms with van der Waals surface area (Å²) in [6.45, 7) is 6.53. The molecule has 0 saturated carbocycles. The molecule has 0 atom stereocenters. The number of nitrogens with zero attached hydrogens (tertiary/aromatic N) is 9. The topological polar surface area (TPSA) is 110 Å². The average Bonchev–Trinajstić information content (AvgIpc) is 3.66. The van der Waals surface area contributed by atoms with Crippen LogP contribution in [-0.4, -0.2) is 90.5 Å². The predicted octanol–water partition coefficient (Wildman–Crippen LogP) is 3.05. The van der Waals surface area contributed by atoms with Crippen LogP contribution in [-0.2, 0) is 13.1 Å². The summed E-state index contributed by atoms with van der Waals surface area (Å²) in [5.74, 6) is -0.0600. The highest BCUT2D eigenvalue weighted by Gasteiger charge is 2.16. The highest BCUT2D eigenvalue weighted by molar-refractivity contribution is 5.94. The minimum Gasteiger partial charge on any atom is -0.352 e. The van der Waals surface area contributed by atoms with E-state index in [1.165, 1.54) is 0 Å². The van der Waals surface area contributed by atoms with Crippen molar-refractivity contribution in [2.24, 2.45) is 0 Å². The van der Waals surface area contributed by atoms with Gasteiger partial charge in [-0.05, 0) is 50.2 Å². The summed E-state index contributed by atoms with van der Waals surface area (Å²) in [4.78, 5) is 21.6. The van der Waals surface area contributed by atoms with Crippen LogP contribution in [0.15, 0.2) is 61.2 Å². The van der Waals surface area contributed by atoms with Gasteiger partial charge in [0.25, 0.3) is 5.91 Å². The molecule has 1 saturated heterocycles. The highest BCUT2D eigenvalue weighted by Crippen LogP contribution is 2.15. The molecule has 5 rings (SSSR count). The molecule has 11 heteroatoms. The van der Waals surface area contributed by atoms with Crippen LogP contribution in [0.1, 0.15) is 48.2 Å². The largest absolute Gasteiger partial charge is 0.352 e. The number of pyridine rings is 1. The third kappa shape index (κ3) is 7.80. The Bertz CT molecular complexity index is 1340. The molecule has 0 bridgehead atoms. The van der Waals surface area contributed by atoms with Crippen molar-refractivity contribution >= 4 is 5.91 Å². The van der Waals surface area contributed by atoms with Gasteiger partial charge >= 0.3 is 0 Å². The zero-order chi connectivity index (χ0) is 27.6. The first kappa shape index (κ1) is 27.6. The number of carbonyl (C=O) groups is 1. The summed E-state index contributed by atoms with van der Waals surface area (Å²) < 4.78 is 3.64. The average molecular weight is 543 g/mol. The molecule has 4 heterocycles. The number of rotatable bonds is 13. The second-order valence-electron chi connectivity index (χ2n) is 10.4. The lowest BCUT2D eigenvalue weighted by Crippen LogP contribution is -2.43. The fourth-order valence-corrected chi connectivity index (χ4v) is 4.81. The maximum absolute atomic E-state index is 12.7. The first-order valence-electron chi connectivity index (χ1n) is 14.2. The summed E-state index contributed by atoms with van der Waals surface area (Å²) >= 11 is 0. The molecule has 1 aromatic carbocycles. The fraction of sp³-hybridized carbons (Fsp3) is 0.448. The van der Waals surface area contributed by atoms with Gasteiger partial charge in [-0.25, -0.2) is 4.68 Å². The summed E-state index contributed by atoms with van der Waals surface area (Å²) in [5, 5.41) is 20.2. The van der Waals surface area contributed by atoms with E-state index < -0.39 is 0 Å². The molecule has 210 valence electrons. The van der Waals surface area contributed by atoms with Gasteiger partial charge in [-0.1, -0.05) is 35.8 Å². The van der Waals surface area contributed by atoms with Crippen LogP contribution in [0.3, 0.4) is 0 Å². The molecular formula is C29H38N10O. The van der Waals surface area contributed by atoms with Crippen molar-refractivity contribution in [1.29, 1.82) is 0 Å². The lowest BCUT2D eigenvalue weighted by atomic mass is 10.1. The van der Waals surface area contributed by atoms with Crippen LogP contribution in [0.25, 0.3) is 16.9 Å². The SMILES string of the molecule is CN1CCN(Cc2cn(-c3cccc(C(=O)NCCCCCCCn4cc(-c5cccnc5)nn4)c3)nn2)CC1. The fourth-order valence-electron chi connectivity index (χ4n) is 4.81. The zero-order valence-electron chi connectivity index (χ0n) is 23.2. The molecule has 1 aliphatic rings. The minimum absolute atomic E-state index is 0.0600. The Morgan fingerprint density at radius 2 is 1.77 bits per heavy atom. The molecule has 40 heavy (non-hydrogen) atoms. The summed E-state index contributed by atoms with van der Waals surface area (Å²) in [6, 6.07) is 11.4. The van der Waals surface area contributed by atoms with Gasteiger partial charge in [0.2, 0.25) is 0 Å². The highest BCUT2D eigenvalue weighted by atomic mass is 16.1. The maximum atomic E-state index is 12.7. The molecule has 1 N–H and O–H groups in total. The Morgan fingerprint density at radius 3 is 2.62 bits per heavy atom. The standard InChI is InChI=1S/C29H38N10O/c1-36-15-17-37(18-16-36)21-26-22-39(35-32-26)27-11-7-9-24(19-27)29(40)31-13-5-3-2-4-6-14-38-23-28(33-34-38)25-10-8-12-30-20-25/h7-12,19-20,22-23H,2-6,13-18,21H2,1H3,(H,31,40). The van der Waals surface area contributed by atoms with Crippen LogP contribution >= 0.6 is 0 Å². The van der Waals surface area contributed by atoms with Gasteiger partial charge in [0, 0.05) is 69.3 Å². The maximum Gasteiger partial charge on any atom is 0.251 e. The van der Waals surface area contributed by atoms with E-state index >= 15 is 0 Å². The van der Waals surface area contributed by atoms with Gasteiger partial charge in [0.1, 0.15) is 5.69 Å². The molecule has 0 radical (unpaired) electrons. The Kier molecular flexibility index (Phi) is 9.59. The van der Waals surface area contributed by atoms with Crippen molar-refractivity contribution in [3.8, 4) is 16.9 Å². The van der Waals surface area contributed by atoms with E-state index in [-0.39, 0.29) is 5.91 Å². The van der Waals surface area contributed by atoms with Gasteiger partial charge in [0.15, 0.2) is 0 Å². The number of hydrogen-bond donors (Lipinski definition) is 1. The van der Waals surface area contributed by atoms with Gasteiger partial charge in [-0.15, -0.1) is 10.2 Å². The summed E-state index contributed by atoms with van der Waals surface area (Å²) in [5.41, 5.74) is 4.24. The molecule has 4 aromatic rings. The number of unbranched alkanes of at least 4 members (excludes halogenated alkanes) is 4. The number of hydrogen-bond acceptors (Lipinski definition) is 8. The Morgan fingerprint density at radius 1 is 0.925 bits per heavy atom. The zero-order valence-corrected chi connectivity index (χ0v) is 23.2. The van der Waals surface area contributed by atoms with Gasteiger partial charge in [0.05, 0.1) is 23.8 Å². The lowest BCUT2D eigenvalue weighted by Gasteiger charge is -2.31. The second-order valence-corrected chi connectivity index (χ2v) is 10.4. The molecule has 3 aromatic heterocycles. The van der Waals surface area contributed by atoms with Gasteiger partial charge in [-0.3, -0.25) is 19.4 Å². The van der Waals surface area contributed by atoms with E-state index in [1.807, 2.05) is 53.5 Å². The van der Waals surface area contributed by atoms with Crippen LogP contribution in [0.5, 0.6) is 0 Å². The molecule has 0 spiro atoms. The monoisotopic (exact) mass is 542 g/mol. The Labute approximate surface area is 235 Å². The van der Waals surface area contributed by atoms with E-state index in [9.17, 15) is 4.79 Å². The minimum atomic E-state index is -0.0600. The number of aryl methyl sites for hydroxylation is 1. The molecule has 1 fully saturated rings. The van der Waals surface area contributed by atoms with Crippen LogP contribution in [0, 0.1) is 0 Å². The molecule has 0 aliphatic carbocycles. The van der Waals surface area contributed by atoms with Crippen molar-refractivity contribution in [2.75, 3.05) is 39.8 Å². The van der Waals surface area contributed by atoms with Crippen LogP contribution < -0.4 is 5.32 Å². The Hall–Kier alpha value is -3.96. The predicted molar refractivity (Wildman–Crippen MR) is 153 cm³/mol. The number of benzene rings is 1. The number of nitrogens with one attached hydrogen (secondary N) is 1. The molecule has 0 unspecified atom stereocenters. The van der Waals surface area contributed by atoms with E-state index in [1.54, 1.807) is 17.1 Å². The van der Waals surface area contributed by atoms with E-state index in [0.717, 1.165) is 94.0 Å². The van der Waals surface area contributed by atoms with Crippen molar-refractivity contribution < 1.29 is 4.79 Å². The Balaban J connectivity index is 0.980. The molecular weight excluding hydrogens is 504 g/mol. The number of amides is 1. The number of aromatic nitrogens is 7. The van der Waals surface area contributed by atoms with Crippen molar-refractivity contribution in [3.63, 3.8) is 0 Å². The first-order valence-corrected chi connectivity index (χ1v) is 14.2. The summed E-state index contributed by atoms with van der Waals surface area (Å²) in [6.07, 6.45) is 12.8. The van der Waals surface area contributed by atoms with Crippen LogP contribution in [0.4, 0.5) is 0 Å². The first-order chi connectivity index (χ1) is 19.6. The third-order valence-corrected chi connectivity index (χ3v) is 7.24. The molecule has 1 aliphatic heterocycles. The van der Waals surface area contributed by atoms with Crippen molar-refractivity contribution in [2.45, 2.75) is 45.2 Å². The van der Waals surface area contributed by atoms with Crippen molar-refractivity contribution in [3.05, 3.63) is 72.4 Å². The quantitative estimate of drug-likeness (QED) is 0.257.